The molecule has 0 aliphatic heterocycles. The maximum absolute atomic E-state index is 12.5. The highest BCUT2D eigenvalue weighted by Crippen LogP contribution is 2.22. The first-order chi connectivity index (χ1) is 13.2. The first-order valence-corrected chi connectivity index (χ1v) is 9.37. The smallest absolute Gasteiger partial charge is 0.234 e. The maximum Gasteiger partial charge on any atom is 0.234 e. The fourth-order valence-corrected chi connectivity index (χ4v) is 3.10. The topological polar surface area (TPSA) is 54.3 Å². The molecular formula is C23H26N2O2. The minimum atomic E-state index is -0.161. The van der Waals surface area contributed by atoms with Crippen LogP contribution >= 0.6 is 0 Å². The van der Waals surface area contributed by atoms with Crippen LogP contribution in [-0.2, 0) is 11.2 Å². The van der Waals surface area contributed by atoms with Gasteiger partial charge in [-0.05, 0) is 42.2 Å². The highest BCUT2D eigenvalue weighted by atomic mass is 16.3. The predicted molar refractivity (Wildman–Crippen MR) is 107 cm³/mol. The molecule has 1 heterocycles. The van der Waals surface area contributed by atoms with E-state index in [1.807, 2.05) is 49.4 Å². The number of nitrogens with one attached hydrogen (secondary N) is 2. The molecule has 4 heteroatoms. The van der Waals surface area contributed by atoms with E-state index in [0.29, 0.717) is 0 Å². The highest BCUT2D eigenvalue weighted by Gasteiger charge is 2.18. The summed E-state index contributed by atoms with van der Waals surface area (Å²) in [6.45, 7) is 4.34. The van der Waals surface area contributed by atoms with E-state index in [1.54, 1.807) is 6.26 Å². The van der Waals surface area contributed by atoms with Crippen molar-refractivity contribution in [1.82, 2.24) is 10.6 Å². The van der Waals surface area contributed by atoms with Gasteiger partial charge in [0.05, 0.1) is 24.9 Å². The predicted octanol–water partition coefficient (Wildman–Crippen LogP) is 4.40. The zero-order chi connectivity index (χ0) is 19.1. The molecule has 1 aromatic heterocycles. The Labute approximate surface area is 160 Å². The van der Waals surface area contributed by atoms with Gasteiger partial charge in [-0.2, -0.15) is 0 Å². The number of benzene rings is 2. The van der Waals surface area contributed by atoms with Crippen LogP contribution in [0, 0.1) is 0 Å². The first-order valence-electron chi connectivity index (χ1n) is 9.37. The van der Waals surface area contributed by atoms with Crippen molar-refractivity contribution in [2.75, 3.05) is 6.54 Å². The molecule has 140 valence electrons. The van der Waals surface area contributed by atoms with E-state index >= 15 is 0 Å². The summed E-state index contributed by atoms with van der Waals surface area (Å²) in [6, 6.07) is 21.9. The molecule has 0 spiro atoms. The summed E-state index contributed by atoms with van der Waals surface area (Å²) < 4.78 is 5.56. The van der Waals surface area contributed by atoms with E-state index in [4.69, 9.17) is 4.42 Å². The van der Waals surface area contributed by atoms with Crippen molar-refractivity contribution >= 4 is 5.91 Å². The fraction of sp³-hybridized carbons (Fsp3) is 0.261. The van der Waals surface area contributed by atoms with E-state index in [1.165, 1.54) is 5.56 Å². The maximum atomic E-state index is 12.5. The summed E-state index contributed by atoms with van der Waals surface area (Å²) in [4.78, 5) is 12.5. The Hall–Kier alpha value is -2.85. The molecule has 4 nitrogen and oxygen atoms in total. The van der Waals surface area contributed by atoms with Crippen molar-refractivity contribution in [1.29, 1.82) is 0 Å². The number of hydrogen-bond donors (Lipinski definition) is 2. The molecule has 0 saturated heterocycles. The van der Waals surface area contributed by atoms with E-state index in [2.05, 4.69) is 41.8 Å². The van der Waals surface area contributed by atoms with Crippen molar-refractivity contribution in [2.24, 2.45) is 0 Å². The van der Waals surface area contributed by atoms with Crippen molar-refractivity contribution in [2.45, 2.75) is 32.4 Å². The minimum Gasteiger partial charge on any atom is -0.467 e. The van der Waals surface area contributed by atoms with Gasteiger partial charge in [0.25, 0.3) is 0 Å². The van der Waals surface area contributed by atoms with E-state index in [-0.39, 0.29) is 24.5 Å². The van der Waals surface area contributed by atoms with Crippen LogP contribution in [0.5, 0.6) is 0 Å². The second-order valence-electron chi connectivity index (χ2n) is 6.62. The van der Waals surface area contributed by atoms with Crippen LogP contribution in [0.4, 0.5) is 0 Å². The molecular weight excluding hydrogens is 336 g/mol. The number of rotatable bonds is 8. The number of carbonyl (C=O) groups is 1. The second-order valence-corrected chi connectivity index (χ2v) is 6.62. The third-order valence-corrected chi connectivity index (χ3v) is 4.69. The van der Waals surface area contributed by atoms with Crippen LogP contribution in [0.15, 0.2) is 77.4 Å². The van der Waals surface area contributed by atoms with Crippen LogP contribution in [-0.4, -0.2) is 12.5 Å². The fourth-order valence-electron chi connectivity index (χ4n) is 3.10. The van der Waals surface area contributed by atoms with E-state index < -0.39 is 0 Å². The summed E-state index contributed by atoms with van der Waals surface area (Å²) in [5, 5.41) is 6.36. The zero-order valence-electron chi connectivity index (χ0n) is 15.8. The molecule has 0 unspecified atom stereocenters. The van der Waals surface area contributed by atoms with Gasteiger partial charge in [-0.15, -0.1) is 0 Å². The van der Waals surface area contributed by atoms with Gasteiger partial charge in [0.2, 0.25) is 5.91 Å². The number of carbonyl (C=O) groups excluding carboxylic acids is 1. The van der Waals surface area contributed by atoms with Gasteiger partial charge in [-0.1, -0.05) is 61.5 Å². The number of aryl methyl sites for hydroxylation is 1. The van der Waals surface area contributed by atoms with Crippen LogP contribution < -0.4 is 10.6 Å². The SMILES string of the molecule is CCc1ccc([C@H](C)NC(=O)CN[C@@H](c2ccccc2)c2ccco2)cc1. The Morgan fingerprint density at radius 2 is 1.70 bits per heavy atom. The van der Waals surface area contributed by atoms with Gasteiger partial charge < -0.3 is 9.73 Å². The van der Waals surface area contributed by atoms with Gasteiger partial charge in [-0.3, -0.25) is 10.1 Å². The third-order valence-electron chi connectivity index (χ3n) is 4.69. The summed E-state index contributed by atoms with van der Waals surface area (Å²) >= 11 is 0. The molecule has 0 fully saturated rings. The second kappa shape index (κ2) is 9.19. The Morgan fingerprint density at radius 1 is 0.963 bits per heavy atom. The van der Waals surface area contributed by atoms with E-state index in [9.17, 15) is 4.79 Å². The lowest BCUT2D eigenvalue weighted by atomic mass is 10.0. The monoisotopic (exact) mass is 362 g/mol. The lowest BCUT2D eigenvalue weighted by molar-refractivity contribution is -0.121. The van der Waals surface area contributed by atoms with Crippen molar-refractivity contribution in [3.8, 4) is 0 Å². The van der Waals surface area contributed by atoms with Gasteiger partial charge in [-0.25, -0.2) is 0 Å². The zero-order valence-corrected chi connectivity index (χ0v) is 15.8. The Bertz CT molecular complexity index is 827. The Morgan fingerprint density at radius 3 is 2.33 bits per heavy atom. The van der Waals surface area contributed by atoms with Crippen molar-refractivity contribution in [3.63, 3.8) is 0 Å². The van der Waals surface area contributed by atoms with Crippen LogP contribution in [0.25, 0.3) is 0 Å². The first kappa shape index (κ1) is 18.9. The standard InChI is InChI=1S/C23H26N2O2/c1-3-18-11-13-19(14-12-18)17(2)25-22(26)16-24-23(21-10-7-15-27-21)20-8-5-4-6-9-20/h4-15,17,23-24H,3,16H2,1-2H3,(H,25,26)/t17-,23-/m0/s1. The number of amides is 1. The van der Waals surface area contributed by atoms with Gasteiger partial charge in [0.1, 0.15) is 5.76 Å². The molecule has 2 atom stereocenters. The number of furan rings is 1. The van der Waals surface area contributed by atoms with Crippen molar-refractivity contribution in [3.05, 3.63) is 95.4 Å². The summed E-state index contributed by atoms with van der Waals surface area (Å²) in [7, 11) is 0. The van der Waals surface area contributed by atoms with Crippen molar-refractivity contribution < 1.29 is 9.21 Å². The van der Waals surface area contributed by atoms with E-state index in [0.717, 1.165) is 23.3 Å². The molecule has 2 aromatic carbocycles. The Kier molecular flexibility index (Phi) is 6.44. The highest BCUT2D eigenvalue weighted by molar-refractivity contribution is 5.78. The van der Waals surface area contributed by atoms with Crippen LogP contribution in [0.3, 0.4) is 0 Å². The summed E-state index contributed by atoms with van der Waals surface area (Å²) in [5.74, 6) is 0.742. The quantitative estimate of drug-likeness (QED) is 0.624. The normalized spacial score (nSPS) is 13.1. The molecule has 0 saturated carbocycles. The summed E-state index contributed by atoms with van der Waals surface area (Å²) in [6.07, 6.45) is 2.66. The molecule has 3 rings (SSSR count). The van der Waals surface area contributed by atoms with Gasteiger partial charge >= 0.3 is 0 Å². The summed E-state index contributed by atoms with van der Waals surface area (Å²) in [5.41, 5.74) is 3.46. The molecule has 0 radical (unpaired) electrons. The largest absolute Gasteiger partial charge is 0.467 e. The molecule has 0 aliphatic rings. The van der Waals surface area contributed by atoms with Crippen LogP contribution in [0.2, 0.25) is 0 Å². The minimum absolute atomic E-state index is 0.0380. The molecule has 2 N–H and O–H groups in total. The van der Waals surface area contributed by atoms with Crippen LogP contribution in [0.1, 0.15) is 48.4 Å². The third kappa shape index (κ3) is 5.08. The molecule has 3 aromatic rings. The average molecular weight is 362 g/mol. The lowest BCUT2D eigenvalue weighted by Gasteiger charge is -2.19. The molecule has 1 amide bonds. The Balaban J connectivity index is 1.60. The average Bonchev–Trinajstić information content (AvgIpc) is 3.23. The number of hydrogen-bond acceptors (Lipinski definition) is 3. The molecule has 27 heavy (non-hydrogen) atoms. The lowest BCUT2D eigenvalue weighted by Crippen LogP contribution is -2.37. The van der Waals surface area contributed by atoms with Gasteiger partial charge in [0, 0.05) is 0 Å². The van der Waals surface area contributed by atoms with Gasteiger partial charge in [0.15, 0.2) is 0 Å². The molecule has 0 aliphatic carbocycles. The molecule has 0 bridgehead atoms.